The maximum atomic E-state index is 11.2. The van der Waals surface area contributed by atoms with E-state index in [9.17, 15) is 20.0 Å². The van der Waals surface area contributed by atoms with E-state index < -0.39 is 11.0 Å². The van der Waals surface area contributed by atoms with E-state index in [4.69, 9.17) is 16.3 Å². The van der Waals surface area contributed by atoms with Crippen LogP contribution < -0.4 is 10.1 Å². The molecule has 1 saturated heterocycles. The maximum Gasteiger partial charge on any atom is 0.407 e. The number of rotatable bonds is 6. The van der Waals surface area contributed by atoms with Crippen LogP contribution in [0.4, 0.5) is 22.1 Å². The van der Waals surface area contributed by atoms with Crippen LogP contribution in [-0.4, -0.2) is 55.8 Å². The highest BCUT2D eigenvalue weighted by Gasteiger charge is 2.24. The van der Waals surface area contributed by atoms with Gasteiger partial charge in [0.2, 0.25) is 5.95 Å². The highest BCUT2D eigenvalue weighted by atomic mass is 35.5. The van der Waals surface area contributed by atoms with E-state index in [0.717, 1.165) is 29.3 Å². The van der Waals surface area contributed by atoms with Crippen LogP contribution in [0.25, 0.3) is 22.2 Å². The summed E-state index contributed by atoms with van der Waals surface area (Å²) in [6, 6.07) is 10.5. The standard InChI is InChI=1S/C26H25ClN6O5/c1-31-14-19(18-5-3-16(11-22(18)31)15-7-9-32(10-8-15)26(34)35)24-20(27)13-28-25(30-24)29-21-12-17(33(36)37)4-6-23(21)38-2/h3-6,11-15H,7-10H2,1-2H3,(H,34,35)(H,28,29,30). The van der Waals surface area contributed by atoms with Crippen LogP contribution in [0.1, 0.15) is 24.3 Å². The number of aromatic nitrogens is 3. The lowest BCUT2D eigenvalue weighted by Gasteiger charge is -2.30. The summed E-state index contributed by atoms with van der Waals surface area (Å²) < 4.78 is 7.34. The molecule has 2 aromatic heterocycles. The van der Waals surface area contributed by atoms with Crippen LogP contribution in [0.15, 0.2) is 48.8 Å². The molecular weight excluding hydrogens is 512 g/mol. The van der Waals surface area contributed by atoms with Crippen molar-refractivity contribution in [3.8, 4) is 17.0 Å². The Morgan fingerprint density at radius 1 is 1.24 bits per heavy atom. The highest BCUT2D eigenvalue weighted by Crippen LogP contribution is 2.37. The van der Waals surface area contributed by atoms with Gasteiger partial charge in [0.1, 0.15) is 5.75 Å². The van der Waals surface area contributed by atoms with Gasteiger partial charge >= 0.3 is 6.09 Å². The van der Waals surface area contributed by atoms with E-state index >= 15 is 0 Å². The van der Waals surface area contributed by atoms with Gasteiger partial charge in [-0.15, -0.1) is 0 Å². The SMILES string of the molecule is COc1ccc([N+](=O)[O-])cc1Nc1ncc(Cl)c(-c2cn(C)c3cc(C4CCN(C(=O)O)CC4)ccc23)n1. The average molecular weight is 537 g/mol. The normalized spacial score (nSPS) is 14.0. The van der Waals surface area contributed by atoms with E-state index in [-0.39, 0.29) is 17.6 Å². The Morgan fingerprint density at radius 3 is 2.68 bits per heavy atom. The summed E-state index contributed by atoms with van der Waals surface area (Å²) in [5.74, 6) is 0.904. The molecular formula is C26H25ClN6O5. The molecule has 1 aliphatic heterocycles. The van der Waals surface area contributed by atoms with Gasteiger partial charge in [0.25, 0.3) is 5.69 Å². The molecule has 2 aromatic carbocycles. The number of piperidine rings is 1. The Hall–Kier alpha value is -4.38. The Kier molecular flexibility index (Phi) is 6.77. The number of likely N-dealkylation sites (tertiary alicyclic amines) is 1. The number of nitrogens with zero attached hydrogens (tertiary/aromatic N) is 5. The van der Waals surface area contributed by atoms with Crippen LogP contribution in [0.5, 0.6) is 5.75 Å². The second kappa shape index (κ2) is 10.2. The number of methoxy groups -OCH3 is 1. The number of hydrogen-bond donors (Lipinski definition) is 2. The lowest BCUT2D eigenvalue weighted by atomic mass is 9.89. The first kappa shape index (κ1) is 25.3. The minimum Gasteiger partial charge on any atom is -0.495 e. The lowest BCUT2D eigenvalue weighted by Crippen LogP contribution is -2.36. The second-order valence-electron chi connectivity index (χ2n) is 9.13. The third kappa shape index (κ3) is 4.80. The number of amides is 1. The number of carboxylic acid groups (broad SMARTS) is 1. The molecule has 196 valence electrons. The van der Waals surface area contributed by atoms with Crippen LogP contribution >= 0.6 is 11.6 Å². The number of non-ortho nitro benzene ring substituents is 1. The van der Waals surface area contributed by atoms with Crippen molar-refractivity contribution in [2.24, 2.45) is 7.05 Å². The van der Waals surface area contributed by atoms with Gasteiger partial charge in [-0.2, -0.15) is 0 Å². The predicted molar refractivity (Wildman–Crippen MR) is 143 cm³/mol. The van der Waals surface area contributed by atoms with Crippen molar-refractivity contribution < 1.29 is 19.6 Å². The van der Waals surface area contributed by atoms with Crippen molar-refractivity contribution in [1.82, 2.24) is 19.4 Å². The average Bonchev–Trinajstić information content (AvgIpc) is 3.25. The molecule has 38 heavy (non-hydrogen) atoms. The van der Waals surface area contributed by atoms with Crippen molar-refractivity contribution in [2.75, 3.05) is 25.5 Å². The van der Waals surface area contributed by atoms with Gasteiger partial charge in [0.05, 0.1) is 34.6 Å². The molecule has 3 heterocycles. The summed E-state index contributed by atoms with van der Waals surface area (Å²) in [6.07, 6.45) is 4.13. The summed E-state index contributed by atoms with van der Waals surface area (Å²) in [4.78, 5) is 32.4. The lowest BCUT2D eigenvalue weighted by molar-refractivity contribution is -0.384. The van der Waals surface area contributed by atoms with Gasteiger partial charge in [-0.1, -0.05) is 23.7 Å². The molecule has 1 aliphatic rings. The molecule has 4 aromatic rings. The van der Waals surface area contributed by atoms with Gasteiger partial charge in [-0.05, 0) is 36.5 Å². The number of aryl methyl sites for hydroxylation is 1. The summed E-state index contributed by atoms with van der Waals surface area (Å²) >= 11 is 6.53. The number of nitrogens with one attached hydrogen (secondary N) is 1. The number of nitro groups is 1. The third-order valence-electron chi connectivity index (χ3n) is 6.89. The van der Waals surface area contributed by atoms with Gasteiger partial charge in [0.15, 0.2) is 0 Å². The fraction of sp³-hybridized carbons (Fsp3) is 0.269. The summed E-state index contributed by atoms with van der Waals surface area (Å²) in [6.45, 7) is 1.05. The highest BCUT2D eigenvalue weighted by molar-refractivity contribution is 6.33. The minimum absolute atomic E-state index is 0.0963. The number of anilines is 2. The quantitative estimate of drug-likeness (QED) is 0.233. The molecule has 0 bridgehead atoms. The zero-order chi connectivity index (χ0) is 27.0. The predicted octanol–water partition coefficient (Wildman–Crippen LogP) is 5.81. The molecule has 0 atom stereocenters. The van der Waals surface area contributed by atoms with Crippen molar-refractivity contribution in [1.29, 1.82) is 0 Å². The zero-order valence-corrected chi connectivity index (χ0v) is 21.5. The number of fused-ring (bicyclic) bond motifs is 1. The van der Waals surface area contributed by atoms with E-state index in [0.29, 0.717) is 35.2 Å². The number of benzene rings is 2. The van der Waals surface area contributed by atoms with Gasteiger partial charge in [-0.25, -0.2) is 14.8 Å². The molecule has 0 unspecified atom stereocenters. The Labute approximate surface area is 222 Å². The first-order chi connectivity index (χ1) is 18.2. The molecule has 1 fully saturated rings. The Morgan fingerprint density at radius 2 is 2.00 bits per heavy atom. The van der Waals surface area contributed by atoms with Crippen LogP contribution in [-0.2, 0) is 7.05 Å². The topological polar surface area (TPSA) is 136 Å². The third-order valence-corrected chi connectivity index (χ3v) is 7.17. The molecule has 2 N–H and O–H groups in total. The minimum atomic E-state index is -0.870. The molecule has 0 spiro atoms. The molecule has 0 saturated carbocycles. The number of hydrogen-bond acceptors (Lipinski definition) is 7. The van der Waals surface area contributed by atoms with Gasteiger partial charge in [0, 0.05) is 54.9 Å². The Balaban J connectivity index is 1.47. The summed E-state index contributed by atoms with van der Waals surface area (Å²) in [7, 11) is 3.42. The molecule has 12 heteroatoms. The van der Waals surface area contributed by atoms with E-state index in [2.05, 4.69) is 27.4 Å². The number of halogens is 1. The maximum absolute atomic E-state index is 11.2. The molecule has 0 radical (unpaired) electrons. The molecule has 0 aliphatic carbocycles. The first-order valence-electron chi connectivity index (χ1n) is 11.9. The largest absolute Gasteiger partial charge is 0.495 e. The first-order valence-corrected chi connectivity index (χ1v) is 12.3. The second-order valence-corrected chi connectivity index (χ2v) is 9.54. The van der Waals surface area contributed by atoms with Crippen LogP contribution in [0.2, 0.25) is 5.02 Å². The molecule has 1 amide bonds. The monoisotopic (exact) mass is 536 g/mol. The van der Waals surface area contributed by atoms with Gasteiger partial charge < -0.3 is 24.6 Å². The fourth-order valence-corrected chi connectivity index (χ4v) is 5.08. The number of carbonyl (C=O) groups is 1. The smallest absolute Gasteiger partial charge is 0.407 e. The van der Waals surface area contributed by atoms with Crippen LogP contribution in [0.3, 0.4) is 0 Å². The molecule has 5 rings (SSSR count). The van der Waals surface area contributed by atoms with Crippen molar-refractivity contribution >= 4 is 45.9 Å². The van der Waals surface area contributed by atoms with Crippen molar-refractivity contribution in [3.63, 3.8) is 0 Å². The fourth-order valence-electron chi connectivity index (χ4n) is 4.89. The Bertz CT molecular complexity index is 1550. The van der Waals surface area contributed by atoms with Gasteiger partial charge in [-0.3, -0.25) is 10.1 Å². The van der Waals surface area contributed by atoms with E-state index in [1.807, 2.05) is 23.9 Å². The molecule has 11 nitrogen and oxygen atoms in total. The van der Waals surface area contributed by atoms with E-state index in [1.165, 1.54) is 42.0 Å². The zero-order valence-electron chi connectivity index (χ0n) is 20.7. The van der Waals surface area contributed by atoms with Crippen LogP contribution in [0, 0.1) is 10.1 Å². The van der Waals surface area contributed by atoms with Crippen molar-refractivity contribution in [3.05, 3.63) is 69.5 Å². The van der Waals surface area contributed by atoms with Crippen molar-refractivity contribution in [2.45, 2.75) is 18.8 Å². The summed E-state index contributed by atoms with van der Waals surface area (Å²) in [5.41, 5.74) is 3.76. The number of ether oxygens (including phenoxy) is 1. The number of nitro benzene ring substituents is 1. The summed E-state index contributed by atoms with van der Waals surface area (Å²) in [5, 5.41) is 24.8. The van der Waals surface area contributed by atoms with E-state index in [1.54, 1.807) is 0 Å².